The van der Waals surface area contributed by atoms with Gasteiger partial charge in [0.1, 0.15) is 11.3 Å². The molecular weight excluding hydrogens is 283 g/mol. The molecule has 0 saturated heterocycles. The predicted molar refractivity (Wildman–Crippen MR) is 60.8 cm³/mol. The van der Waals surface area contributed by atoms with Crippen LogP contribution in [-0.2, 0) is 0 Å². The highest BCUT2D eigenvalue weighted by Gasteiger charge is 2.26. The molecule has 0 spiro atoms. The van der Waals surface area contributed by atoms with Gasteiger partial charge in [-0.15, -0.1) is 0 Å². The normalized spacial score (nSPS) is 11.2. The van der Waals surface area contributed by atoms with Crippen LogP contribution in [0.4, 0.5) is 18.9 Å². The summed E-state index contributed by atoms with van der Waals surface area (Å²) in [7, 11) is 0. The van der Waals surface area contributed by atoms with E-state index in [4.69, 9.17) is 9.84 Å². The Kier molecular flexibility index (Phi) is 4.89. The number of hydrogen-bond donors (Lipinski definition) is 1. The van der Waals surface area contributed by atoms with E-state index >= 15 is 0 Å². The zero-order valence-corrected chi connectivity index (χ0v) is 10.0. The van der Waals surface area contributed by atoms with Gasteiger partial charge in [0.2, 0.25) is 0 Å². The van der Waals surface area contributed by atoms with E-state index in [1.165, 1.54) is 0 Å². The highest BCUT2D eigenvalue weighted by molar-refractivity contribution is 5.92. The number of carbonyl (C=O) groups is 1. The van der Waals surface area contributed by atoms with E-state index < -0.39 is 34.7 Å². The Morgan fingerprint density at radius 3 is 2.55 bits per heavy atom. The molecule has 1 aromatic rings. The molecule has 9 heteroatoms. The molecule has 6 nitrogen and oxygen atoms in total. The summed E-state index contributed by atoms with van der Waals surface area (Å²) >= 11 is 0. The third-order valence-electron chi connectivity index (χ3n) is 2.27. The number of aromatic carboxylic acids is 1. The molecule has 0 saturated carbocycles. The molecule has 0 aliphatic rings. The van der Waals surface area contributed by atoms with Crippen LogP contribution >= 0.6 is 0 Å². The quantitative estimate of drug-likeness (QED) is 0.494. The summed E-state index contributed by atoms with van der Waals surface area (Å²) in [4.78, 5) is 20.6. The van der Waals surface area contributed by atoms with Gasteiger partial charge in [0.05, 0.1) is 11.5 Å². The van der Waals surface area contributed by atoms with Gasteiger partial charge in [-0.1, -0.05) is 0 Å². The second-order valence-corrected chi connectivity index (χ2v) is 3.81. The third kappa shape index (κ3) is 4.75. The second kappa shape index (κ2) is 6.22. The number of halogens is 3. The first-order valence-corrected chi connectivity index (χ1v) is 5.42. The Morgan fingerprint density at radius 1 is 1.40 bits per heavy atom. The Balaban J connectivity index is 2.71. The zero-order valence-electron chi connectivity index (χ0n) is 10.0. The first-order valence-electron chi connectivity index (χ1n) is 5.42. The van der Waals surface area contributed by atoms with E-state index in [-0.39, 0.29) is 18.8 Å². The van der Waals surface area contributed by atoms with Crippen LogP contribution in [-0.4, -0.2) is 28.8 Å². The van der Waals surface area contributed by atoms with Crippen LogP contribution in [0.25, 0.3) is 0 Å². The number of carboxylic acid groups (broad SMARTS) is 1. The molecule has 0 aliphatic heterocycles. The largest absolute Gasteiger partial charge is 0.494 e. The van der Waals surface area contributed by atoms with Crippen molar-refractivity contribution in [2.24, 2.45) is 0 Å². The number of benzene rings is 1. The molecule has 0 fully saturated rings. The van der Waals surface area contributed by atoms with E-state index in [0.717, 1.165) is 18.2 Å². The van der Waals surface area contributed by atoms with Gasteiger partial charge in [0.15, 0.2) is 0 Å². The molecule has 0 heterocycles. The minimum Gasteiger partial charge on any atom is -0.494 e. The fourth-order valence-corrected chi connectivity index (χ4v) is 1.40. The van der Waals surface area contributed by atoms with Gasteiger partial charge in [-0.3, -0.25) is 10.1 Å². The highest BCUT2D eigenvalue weighted by Crippen LogP contribution is 2.25. The second-order valence-electron chi connectivity index (χ2n) is 3.81. The van der Waals surface area contributed by atoms with Crippen LogP contribution in [0.5, 0.6) is 5.75 Å². The summed E-state index contributed by atoms with van der Waals surface area (Å²) < 4.78 is 40.6. The molecule has 0 bridgehead atoms. The van der Waals surface area contributed by atoms with Crippen LogP contribution in [0, 0.1) is 10.1 Å². The lowest BCUT2D eigenvalue weighted by atomic mass is 10.1. The number of alkyl halides is 3. The molecule has 110 valence electrons. The number of nitro groups is 1. The Morgan fingerprint density at radius 2 is 2.05 bits per heavy atom. The van der Waals surface area contributed by atoms with Crippen LogP contribution in [0.3, 0.4) is 0 Å². The third-order valence-corrected chi connectivity index (χ3v) is 2.27. The molecule has 1 N–H and O–H groups in total. The van der Waals surface area contributed by atoms with Crippen molar-refractivity contribution in [3.63, 3.8) is 0 Å². The summed E-state index contributed by atoms with van der Waals surface area (Å²) in [6.07, 6.45) is -5.60. The summed E-state index contributed by atoms with van der Waals surface area (Å²) in [5, 5.41) is 19.4. The van der Waals surface area contributed by atoms with Crippen molar-refractivity contribution in [2.45, 2.75) is 19.0 Å². The van der Waals surface area contributed by atoms with Crippen molar-refractivity contribution in [3.8, 4) is 5.75 Å². The molecule has 0 radical (unpaired) electrons. The molecule has 1 aromatic carbocycles. The number of ether oxygens (including phenoxy) is 1. The average Bonchev–Trinajstić information content (AvgIpc) is 2.33. The lowest BCUT2D eigenvalue weighted by Crippen LogP contribution is -2.10. The summed E-state index contributed by atoms with van der Waals surface area (Å²) in [6.45, 7) is -0.267. The van der Waals surface area contributed by atoms with E-state index in [0.29, 0.717) is 0 Å². The predicted octanol–water partition coefficient (Wildman–Crippen LogP) is 3.01. The van der Waals surface area contributed by atoms with Gasteiger partial charge in [0.25, 0.3) is 5.69 Å². The van der Waals surface area contributed by atoms with Gasteiger partial charge < -0.3 is 9.84 Å². The summed E-state index contributed by atoms with van der Waals surface area (Å²) in [5.74, 6) is -1.55. The molecule has 0 amide bonds. The number of nitro benzene ring substituents is 1. The Bertz CT molecular complexity index is 515. The molecule has 0 atom stereocenters. The van der Waals surface area contributed by atoms with Crippen molar-refractivity contribution in [1.29, 1.82) is 0 Å². The van der Waals surface area contributed by atoms with Crippen molar-refractivity contribution >= 4 is 11.7 Å². The van der Waals surface area contributed by atoms with Gasteiger partial charge in [-0.05, 0) is 12.5 Å². The van der Waals surface area contributed by atoms with Gasteiger partial charge in [-0.2, -0.15) is 13.2 Å². The van der Waals surface area contributed by atoms with Crippen LogP contribution < -0.4 is 4.74 Å². The minimum absolute atomic E-state index is 0.0322. The first kappa shape index (κ1) is 15.7. The smallest absolute Gasteiger partial charge is 0.389 e. The van der Waals surface area contributed by atoms with E-state index in [9.17, 15) is 28.1 Å². The first-order chi connectivity index (χ1) is 9.20. The summed E-state index contributed by atoms with van der Waals surface area (Å²) in [6, 6.07) is 2.98. The minimum atomic E-state index is -4.29. The van der Waals surface area contributed by atoms with Gasteiger partial charge in [-0.25, -0.2) is 4.79 Å². The standard InChI is InChI=1S/C11H10F3NO5/c12-11(13,14)4-1-5-20-7-2-3-9(15(18)19)8(6-7)10(16)17/h2-3,6H,1,4-5H2,(H,16,17). The average molecular weight is 293 g/mol. The molecular formula is C11H10F3NO5. The van der Waals surface area contributed by atoms with Crippen molar-refractivity contribution in [3.05, 3.63) is 33.9 Å². The van der Waals surface area contributed by atoms with E-state index in [1.54, 1.807) is 0 Å². The Hall–Kier alpha value is -2.32. The molecule has 20 heavy (non-hydrogen) atoms. The monoisotopic (exact) mass is 293 g/mol. The topological polar surface area (TPSA) is 89.7 Å². The number of hydrogen-bond acceptors (Lipinski definition) is 4. The van der Waals surface area contributed by atoms with Crippen LogP contribution in [0.2, 0.25) is 0 Å². The lowest BCUT2D eigenvalue weighted by Gasteiger charge is -2.08. The van der Waals surface area contributed by atoms with Crippen LogP contribution in [0.1, 0.15) is 23.2 Å². The van der Waals surface area contributed by atoms with Crippen molar-refractivity contribution < 1.29 is 32.7 Å². The van der Waals surface area contributed by atoms with Gasteiger partial charge in [0, 0.05) is 18.6 Å². The maximum atomic E-state index is 11.9. The lowest BCUT2D eigenvalue weighted by molar-refractivity contribution is -0.385. The molecule has 0 aromatic heterocycles. The SMILES string of the molecule is O=C(O)c1cc(OCCCC(F)(F)F)ccc1[N+](=O)[O-]. The Labute approximate surface area is 110 Å². The van der Waals surface area contributed by atoms with E-state index in [2.05, 4.69) is 0 Å². The molecule has 1 rings (SSSR count). The van der Waals surface area contributed by atoms with Crippen LogP contribution in [0.15, 0.2) is 18.2 Å². The fraction of sp³-hybridized carbons (Fsp3) is 0.364. The number of carboxylic acids is 1. The van der Waals surface area contributed by atoms with Crippen molar-refractivity contribution in [2.75, 3.05) is 6.61 Å². The van der Waals surface area contributed by atoms with Gasteiger partial charge >= 0.3 is 12.1 Å². The molecule has 0 unspecified atom stereocenters. The number of nitrogens with zero attached hydrogens (tertiary/aromatic N) is 1. The maximum Gasteiger partial charge on any atom is 0.389 e. The fourth-order valence-electron chi connectivity index (χ4n) is 1.40. The highest BCUT2D eigenvalue weighted by atomic mass is 19.4. The van der Waals surface area contributed by atoms with E-state index in [1.807, 2.05) is 0 Å². The maximum absolute atomic E-state index is 11.9. The zero-order chi connectivity index (χ0) is 15.3. The number of rotatable bonds is 6. The van der Waals surface area contributed by atoms with Crippen molar-refractivity contribution in [1.82, 2.24) is 0 Å². The summed E-state index contributed by atoms with van der Waals surface area (Å²) in [5.41, 5.74) is -1.19. The molecule has 0 aliphatic carbocycles.